The van der Waals surface area contributed by atoms with Crippen molar-refractivity contribution in [1.29, 1.82) is 0 Å². The van der Waals surface area contributed by atoms with Crippen molar-refractivity contribution in [3.05, 3.63) is 42.5 Å². The number of fused-ring (bicyclic) bond motifs is 1. The highest BCUT2D eigenvalue weighted by atomic mass is 16.5. The molecule has 0 saturated carbocycles. The predicted octanol–water partition coefficient (Wildman–Crippen LogP) is 2.69. The number of methoxy groups -OCH3 is 1. The molecular formula is C16H13N5O2. The molecule has 4 rings (SSSR count). The topological polar surface area (TPSA) is 78.9 Å². The highest BCUT2D eigenvalue weighted by Gasteiger charge is 2.12. The average Bonchev–Trinajstić information content (AvgIpc) is 3.22. The van der Waals surface area contributed by atoms with E-state index in [0.717, 1.165) is 27.9 Å². The van der Waals surface area contributed by atoms with E-state index in [2.05, 4.69) is 20.5 Å². The molecule has 114 valence electrons. The Bertz CT molecular complexity index is 972. The van der Waals surface area contributed by atoms with Gasteiger partial charge in [0.2, 0.25) is 5.82 Å². The largest absolute Gasteiger partial charge is 0.497 e. The Labute approximate surface area is 131 Å². The fourth-order valence-electron chi connectivity index (χ4n) is 2.37. The number of hydrogen-bond acceptors (Lipinski definition) is 6. The van der Waals surface area contributed by atoms with Crippen molar-refractivity contribution in [2.24, 2.45) is 7.05 Å². The molecular weight excluding hydrogens is 294 g/mol. The van der Waals surface area contributed by atoms with E-state index in [0.29, 0.717) is 11.7 Å². The molecule has 0 aliphatic heterocycles. The lowest BCUT2D eigenvalue weighted by Gasteiger charge is -1.99. The lowest BCUT2D eigenvalue weighted by molar-refractivity contribution is 0.415. The molecule has 0 saturated heterocycles. The van der Waals surface area contributed by atoms with Crippen LogP contribution in [0.2, 0.25) is 0 Å². The van der Waals surface area contributed by atoms with Crippen molar-refractivity contribution in [3.63, 3.8) is 0 Å². The van der Waals surface area contributed by atoms with Crippen LogP contribution in [-0.4, -0.2) is 32.2 Å². The third kappa shape index (κ3) is 2.32. The molecule has 2 aromatic heterocycles. The second-order valence-corrected chi connectivity index (χ2v) is 5.07. The lowest BCUT2D eigenvalue weighted by atomic mass is 10.2. The van der Waals surface area contributed by atoms with Crippen LogP contribution in [0.4, 0.5) is 0 Å². The van der Waals surface area contributed by atoms with Gasteiger partial charge in [-0.2, -0.15) is 4.98 Å². The van der Waals surface area contributed by atoms with E-state index >= 15 is 0 Å². The number of aromatic nitrogens is 5. The minimum absolute atomic E-state index is 0.448. The molecule has 0 aliphatic rings. The summed E-state index contributed by atoms with van der Waals surface area (Å²) in [6.45, 7) is 0. The molecule has 0 unspecified atom stereocenters. The molecule has 0 aliphatic carbocycles. The van der Waals surface area contributed by atoms with Crippen LogP contribution < -0.4 is 4.74 Å². The van der Waals surface area contributed by atoms with Gasteiger partial charge in [0.1, 0.15) is 11.3 Å². The number of rotatable bonds is 3. The normalized spacial score (nSPS) is 11.0. The van der Waals surface area contributed by atoms with Crippen LogP contribution >= 0.6 is 0 Å². The van der Waals surface area contributed by atoms with E-state index in [1.807, 2.05) is 49.5 Å². The first-order valence-electron chi connectivity index (χ1n) is 7.02. The van der Waals surface area contributed by atoms with Gasteiger partial charge in [-0.15, -0.1) is 5.10 Å². The first kappa shape index (κ1) is 13.4. The molecule has 2 aromatic carbocycles. The van der Waals surface area contributed by atoms with Crippen molar-refractivity contribution >= 4 is 11.0 Å². The van der Waals surface area contributed by atoms with Gasteiger partial charge in [0.25, 0.3) is 5.89 Å². The van der Waals surface area contributed by atoms with Gasteiger partial charge in [-0.3, -0.25) is 0 Å². The Kier molecular flexibility index (Phi) is 3.04. The summed E-state index contributed by atoms with van der Waals surface area (Å²) < 4.78 is 12.2. The van der Waals surface area contributed by atoms with Gasteiger partial charge < -0.3 is 9.26 Å². The Hall–Kier alpha value is -3.22. The maximum atomic E-state index is 5.37. The third-order valence-corrected chi connectivity index (χ3v) is 3.63. The van der Waals surface area contributed by atoms with Crippen molar-refractivity contribution in [2.75, 3.05) is 7.11 Å². The van der Waals surface area contributed by atoms with Crippen LogP contribution in [-0.2, 0) is 7.05 Å². The molecule has 7 nitrogen and oxygen atoms in total. The van der Waals surface area contributed by atoms with E-state index < -0.39 is 0 Å². The Morgan fingerprint density at radius 2 is 1.83 bits per heavy atom. The van der Waals surface area contributed by atoms with Crippen LogP contribution in [0.15, 0.2) is 47.0 Å². The van der Waals surface area contributed by atoms with E-state index in [4.69, 9.17) is 9.26 Å². The zero-order valence-electron chi connectivity index (χ0n) is 12.6. The molecule has 0 bridgehead atoms. The van der Waals surface area contributed by atoms with Crippen LogP contribution in [0.5, 0.6) is 5.75 Å². The van der Waals surface area contributed by atoms with Crippen LogP contribution in [0, 0.1) is 0 Å². The second kappa shape index (κ2) is 5.20. The Morgan fingerprint density at radius 3 is 2.61 bits per heavy atom. The number of aryl methyl sites for hydroxylation is 1. The molecule has 4 aromatic rings. The Balaban J connectivity index is 1.70. The van der Waals surface area contributed by atoms with Crippen LogP contribution in [0.25, 0.3) is 33.9 Å². The van der Waals surface area contributed by atoms with Gasteiger partial charge in [-0.05, 0) is 42.5 Å². The predicted molar refractivity (Wildman–Crippen MR) is 83.8 cm³/mol. The van der Waals surface area contributed by atoms with Gasteiger partial charge in [0, 0.05) is 18.2 Å². The summed E-state index contributed by atoms with van der Waals surface area (Å²) in [5.41, 5.74) is 3.41. The van der Waals surface area contributed by atoms with Crippen molar-refractivity contribution in [2.45, 2.75) is 0 Å². The first-order valence-corrected chi connectivity index (χ1v) is 7.02. The van der Waals surface area contributed by atoms with Gasteiger partial charge >= 0.3 is 0 Å². The minimum atomic E-state index is 0.448. The Morgan fingerprint density at radius 1 is 1.04 bits per heavy atom. The third-order valence-electron chi connectivity index (χ3n) is 3.63. The zero-order chi connectivity index (χ0) is 15.8. The minimum Gasteiger partial charge on any atom is -0.497 e. The smallest absolute Gasteiger partial charge is 0.258 e. The van der Waals surface area contributed by atoms with Crippen LogP contribution in [0.3, 0.4) is 0 Å². The maximum absolute atomic E-state index is 5.37. The maximum Gasteiger partial charge on any atom is 0.258 e. The molecule has 0 atom stereocenters. The number of ether oxygens (including phenoxy) is 1. The second-order valence-electron chi connectivity index (χ2n) is 5.07. The SMILES string of the molecule is COc1ccc(-c2noc(-c3ccc4c(c3)nnn4C)n2)cc1. The van der Waals surface area contributed by atoms with E-state index in [1.165, 1.54) is 0 Å². The lowest BCUT2D eigenvalue weighted by Crippen LogP contribution is -1.88. The van der Waals surface area contributed by atoms with Crippen molar-refractivity contribution < 1.29 is 9.26 Å². The number of nitrogens with zero attached hydrogens (tertiary/aromatic N) is 5. The average molecular weight is 307 g/mol. The highest BCUT2D eigenvalue weighted by Crippen LogP contribution is 2.25. The fourth-order valence-corrected chi connectivity index (χ4v) is 2.37. The molecule has 23 heavy (non-hydrogen) atoms. The van der Waals surface area contributed by atoms with Crippen molar-refractivity contribution in [1.82, 2.24) is 25.1 Å². The first-order chi connectivity index (χ1) is 11.2. The van der Waals surface area contributed by atoms with Crippen molar-refractivity contribution in [3.8, 4) is 28.6 Å². The molecule has 7 heteroatoms. The molecule has 0 amide bonds. The summed E-state index contributed by atoms with van der Waals surface area (Å²) in [5.74, 6) is 1.76. The van der Waals surface area contributed by atoms with Crippen LogP contribution in [0.1, 0.15) is 0 Å². The molecule has 0 radical (unpaired) electrons. The summed E-state index contributed by atoms with van der Waals surface area (Å²) in [4.78, 5) is 4.45. The molecule has 0 N–H and O–H groups in total. The highest BCUT2D eigenvalue weighted by molar-refractivity contribution is 5.79. The number of benzene rings is 2. The zero-order valence-corrected chi connectivity index (χ0v) is 12.6. The van der Waals surface area contributed by atoms with E-state index in [9.17, 15) is 0 Å². The quantitative estimate of drug-likeness (QED) is 0.579. The molecule has 0 spiro atoms. The van der Waals surface area contributed by atoms with Gasteiger partial charge in [-0.1, -0.05) is 10.4 Å². The summed E-state index contributed by atoms with van der Waals surface area (Å²) in [6.07, 6.45) is 0. The molecule has 2 heterocycles. The van der Waals surface area contributed by atoms with Gasteiger partial charge in [0.05, 0.1) is 12.6 Å². The van der Waals surface area contributed by atoms with E-state index in [-0.39, 0.29) is 0 Å². The summed E-state index contributed by atoms with van der Waals surface area (Å²) >= 11 is 0. The molecule has 0 fully saturated rings. The summed E-state index contributed by atoms with van der Waals surface area (Å²) in [7, 11) is 3.48. The summed E-state index contributed by atoms with van der Waals surface area (Å²) in [5, 5.41) is 12.1. The van der Waals surface area contributed by atoms with E-state index in [1.54, 1.807) is 11.8 Å². The standard InChI is InChI=1S/C16H13N5O2/c1-21-14-8-5-11(9-13(14)18-20-21)16-17-15(19-23-16)10-3-6-12(22-2)7-4-10/h3-9H,1-2H3. The number of hydrogen-bond donors (Lipinski definition) is 0. The summed E-state index contributed by atoms with van der Waals surface area (Å²) in [6, 6.07) is 13.2. The van der Waals surface area contributed by atoms with Gasteiger partial charge in [0.15, 0.2) is 0 Å². The van der Waals surface area contributed by atoms with Gasteiger partial charge in [-0.25, -0.2) is 4.68 Å². The monoisotopic (exact) mass is 307 g/mol. The fraction of sp³-hybridized carbons (Fsp3) is 0.125.